The van der Waals surface area contributed by atoms with Gasteiger partial charge in [-0.3, -0.25) is 9.36 Å². The van der Waals surface area contributed by atoms with E-state index in [1.165, 1.54) is 0 Å². The lowest BCUT2D eigenvalue weighted by atomic mass is 10.1. The first-order valence-electron chi connectivity index (χ1n) is 7.62. The van der Waals surface area contributed by atoms with Gasteiger partial charge >= 0.3 is 5.69 Å². The quantitative estimate of drug-likeness (QED) is 0.805. The lowest BCUT2D eigenvalue weighted by Gasteiger charge is -2.16. The maximum Gasteiger partial charge on any atom is 0.352 e. The summed E-state index contributed by atoms with van der Waals surface area (Å²) < 4.78 is 20.5. The van der Waals surface area contributed by atoms with E-state index in [0.29, 0.717) is 0 Å². The first kappa shape index (κ1) is 15.8. The minimum Gasteiger partial charge on any atom is -0.393 e. The molecule has 0 bridgehead atoms. The van der Waals surface area contributed by atoms with E-state index in [0.717, 1.165) is 36.4 Å². The molecule has 2 heterocycles. The Morgan fingerprint density at radius 2 is 2.17 bits per heavy atom. The van der Waals surface area contributed by atoms with E-state index in [1.807, 2.05) is 0 Å². The normalized spacial score (nSPS) is 24.3. The van der Waals surface area contributed by atoms with Gasteiger partial charge in [-0.05, 0) is 18.9 Å². The van der Waals surface area contributed by atoms with Gasteiger partial charge < -0.3 is 15.2 Å². The lowest BCUT2D eigenvalue weighted by molar-refractivity contribution is -0.119. The summed E-state index contributed by atoms with van der Waals surface area (Å²) >= 11 is 0. The highest BCUT2D eigenvalue weighted by atomic mass is 19.1. The fraction of sp³-hybridized carbons (Fsp3) is 0.533. The molecule has 1 aliphatic heterocycles. The molecule has 2 N–H and O–H groups in total. The molecule has 2 atom stereocenters. The zero-order valence-electron chi connectivity index (χ0n) is 12.4. The highest BCUT2D eigenvalue weighted by Gasteiger charge is 2.26. The fourth-order valence-corrected chi connectivity index (χ4v) is 2.87. The summed E-state index contributed by atoms with van der Waals surface area (Å²) in [6, 6.07) is 0. The van der Waals surface area contributed by atoms with Gasteiger partial charge in [0.2, 0.25) is 5.91 Å². The maximum atomic E-state index is 14.1. The number of aliphatic hydroxyl groups excluding tert-OH is 1. The smallest absolute Gasteiger partial charge is 0.352 e. The van der Waals surface area contributed by atoms with Crippen LogP contribution in [0.5, 0.6) is 0 Å². The summed E-state index contributed by atoms with van der Waals surface area (Å²) in [6.45, 7) is -0.229. The number of aliphatic hydroxyl groups is 1. The van der Waals surface area contributed by atoms with E-state index in [4.69, 9.17) is 9.84 Å². The van der Waals surface area contributed by atoms with Crippen molar-refractivity contribution in [2.75, 3.05) is 11.9 Å². The Hall–Kier alpha value is -2.06. The van der Waals surface area contributed by atoms with Gasteiger partial charge in [-0.15, -0.1) is 0 Å². The van der Waals surface area contributed by atoms with Crippen molar-refractivity contribution in [3.8, 4) is 0 Å². The molecule has 1 aromatic heterocycles. The second kappa shape index (κ2) is 6.59. The lowest BCUT2D eigenvalue weighted by Crippen LogP contribution is -2.31. The third kappa shape index (κ3) is 3.32. The summed E-state index contributed by atoms with van der Waals surface area (Å²) in [7, 11) is 0. The van der Waals surface area contributed by atoms with Crippen LogP contribution in [0.25, 0.3) is 0 Å². The average molecular weight is 323 g/mol. The summed E-state index contributed by atoms with van der Waals surface area (Å²) in [5.41, 5.74) is -0.735. The molecule has 1 amide bonds. The maximum absolute atomic E-state index is 14.1. The van der Waals surface area contributed by atoms with Crippen LogP contribution in [0.3, 0.4) is 0 Å². The number of hydrogen-bond donors (Lipinski definition) is 2. The molecule has 2 unspecified atom stereocenters. The van der Waals surface area contributed by atoms with Gasteiger partial charge in [0, 0.05) is 5.92 Å². The molecule has 8 heteroatoms. The van der Waals surface area contributed by atoms with Gasteiger partial charge in [0.25, 0.3) is 0 Å². The standard InChI is InChI=1S/C15H18FN3O4/c16-11-7-19(12-6-5-10(8-20)23-12)15(22)18-13(11)17-14(21)9-3-1-2-4-9/h5-7,9-10,12,20H,1-4,8H2,(H,17,18,21,22). The zero-order valence-corrected chi connectivity index (χ0v) is 12.4. The molecular weight excluding hydrogens is 305 g/mol. The monoisotopic (exact) mass is 323 g/mol. The molecule has 1 aliphatic carbocycles. The van der Waals surface area contributed by atoms with Crippen LogP contribution in [0.4, 0.5) is 10.2 Å². The Labute approximate surface area is 131 Å². The number of nitrogens with one attached hydrogen (secondary N) is 1. The van der Waals surface area contributed by atoms with Crippen LogP contribution in [0.1, 0.15) is 31.9 Å². The molecule has 0 saturated heterocycles. The highest BCUT2D eigenvalue weighted by molar-refractivity contribution is 5.91. The number of carbonyl (C=O) groups is 1. The van der Waals surface area contributed by atoms with Gasteiger partial charge in [0.15, 0.2) is 17.9 Å². The summed E-state index contributed by atoms with van der Waals surface area (Å²) in [5.74, 6) is -1.61. The fourth-order valence-electron chi connectivity index (χ4n) is 2.87. The molecule has 7 nitrogen and oxygen atoms in total. The van der Waals surface area contributed by atoms with Crippen LogP contribution in [0.2, 0.25) is 0 Å². The number of aromatic nitrogens is 2. The second-order valence-electron chi connectivity index (χ2n) is 5.73. The molecule has 2 aliphatic rings. The van der Waals surface area contributed by atoms with Crippen molar-refractivity contribution >= 4 is 11.7 Å². The second-order valence-corrected chi connectivity index (χ2v) is 5.73. The molecule has 3 rings (SSSR count). The Morgan fingerprint density at radius 3 is 2.83 bits per heavy atom. The van der Waals surface area contributed by atoms with Crippen molar-refractivity contribution in [1.29, 1.82) is 0 Å². The SMILES string of the molecule is O=C(Nc1nc(=O)n(C2C=CC(CO)O2)cc1F)C1CCCC1. The summed E-state index contributed by atoms with van der Waals surface area (Å²) in [6.07, 6.45) is 6.24. The van der Waals surface area contributed by atoms with E-state index in [1.54, 1.807) is 12.2 Å². The van der Waals surface area contributed by atoms with Crippen molar-refractivity contribution in [1.82, 2.24) is 9.55 Å². The molecule has 1 fully saturated rings. The van der Waals surface area contributed by atoms with Gasteiger partial charge in [0.1, 0.15) is 6.10 Å². The molecule has 0 aromatic carbocycles. The largest absolute Gasteiger partial charge is 0.393 e. The van der Waals surface area contributed by atoms with E-state index in [9.17, 15) is 14.0 Å². The van der Waals surface area contributed by atoms with Crippen molar-refractivity contribution < 1.29 is 19.0 Å². The van der Waals surface area contributed by atoms with Crippen LogP contribution in [-0.2, 0) is 9.53 Å². The molecule has 1 saturated carbocycles. The first-order valence-corrected chi connectivity index (χ1v) is 7.62. The van der Waals surface area contributed by atoms with E-state index >= 15 is 0 Å². The Balaban J connectivity index is 1.76. The number of amides is 1. The number of carbonyl (C=O) groups excluding carboxylic acids is 1. The molecule has 124 valence electrons. The van der Waals surface area contributed by atoms with Crippen LogP contribution in [-0.4, -0.2) is 33.3 Å². The van der Waals surface area contributed by atoms with Crippen LogP contribution in [0.15, 0.2) is 23.1 Å². The minimum atomic E-state index is -0.818. The third-order valence-electron chi connectivity index (χ3n) is 4.13. The van der Waals surface area contributed by atoms with Gasteiger partial charge in [-0.25, -0.2) is 9.18 Å². The van der Waals surface area contributed by atoms with Gasteiger partial charge in [-0.2, -0.15) is 4.98 Å². The Morgan fingerprint density at radius 1 is 1.43 bits per heavy atom. The zero-order chi connectivity index (χ0) is 16.4. The first-order chi connectivity index (χ1) is 11.1. The Bertz CT molecular complexity index is 682. The number of rotatable bonds is 4. The molecule has 0 spiro atoms. The minimum absolute atomic E-state index is 0.148. The van der Waals surface area contributed by atoms with Crippen LogP contribution >= 0.6 is 0 Å². The van der Waals surface area contributed by atoms with Gasteiger partial charge in [0.05, 0.1) is 12.8 Å². The Kier molecular flexibility index (Phi) is 4.53. The molecular formula is C15H18FN3O4. The molecule has 1 aromatic rings. The average Bonchev–Trinajstić information content (AvgIpc) is 3.21. The summed E-state index contributed by atoms with van der Waals surface area (Å²) in [5, 5.41) is 11.4. The van der Waals surface area contributed by atoms with Crippen LogP contribution in [0, 0.1) is 11.7 Å². The van der Waals surface area contributed by atoms with E-state index < -0.39 is 23.8 Å². The molecule has 23 heavy (non-hydrogen) atoms. The summed E-state index contributed by atoms with van der Waals surface area (Å²) in [4.78, 5) is 27.6. The van der Waals surface area contributed by atoms with Crippen molar-refractivity contribution in [3.05, 3.63) is 34.7 Å². The number of halogens is 1. The van der Waals surface area contributed by atoms with Gasteiger partial charge in [-0.1, -0.05) is 18.9 Å². The third-order valence-corrected chi connectivity index (χ3v) is 4.13. The van der Waals surface area contributed by atoms with Crippen molar-refractivity contribution in [3.63, 3.8) is 0 Å². The number of hydrogen-bond acceptors (Lipinski definition) is 5. The van der Waals surface area contributed by atoms with Crippen molar-refractivity contribution in [2.45, 2.75) is 38.0 Å². The number of ether oxygens (including phenoxy) is 1. The predicted octanol–water partition coefficient (Wildman–Crippen LogP) is 0.957. The number of nitrogens with zero attached hydrogens (tertiary/aromatic N) is 2. The van der Waals surface area contributed by atoms with Crippen LogP contribution < -0.4 is 11.0 Å². The van der Waals surface area contributed by atoms with E-state index in [-0.39, 0.29) is 24.2 Å². The van der Waals surface area contributed by atoms with Crippen molar-refractivity contribution in [2.24, 2.45) is 5.92 Å². The predicted molar refractivity (Wildman–Crippen MR) is 79.2 cm³/mol. The topological polar surface area (TPSA) is 93.5 Å². The highest BCUT2D eigenvalue weighted by Crippen LogP contribution is 2.26. The molecule has 0 radical (unpaired) electrons. The number of anilines is 1. The van der Waals surface area contributed by atoms with E-state index in [2.05, 4.69) is 10.3 Å².